The van der Waals surface area contributed by atoms with Crippen molar-refractivity contribution < 1.29 is 21.6 Å². The zero-order chi connectivity index (χ0) is 14.2. The third-order valence-electron chi connectivity index (χ3n) is 2.41. The topological polar surface area (TPSA) is 72.2 Å². The maximum atomic E-state index is 11.9. The van der Waals surface area contributed by atoms with Crippen LogP contribution >= 0.6 is 0 Å². The van der Waals surface area contributed by atoms with Crippen LogP contribution in [0.3, 0.4) is 0 Å². The van der Waals surface area contributed by atoms with Crippen LogP contribution < -0.4 is 10.5 Å². The minimum absolute atomic E-state index is 0.151. The van der Waals surface area contributed by atoms with Crippen LogP contribution in [0.4, 0.5) is 13.2 Å². The maximum absolute atomic E-state index is 11.9. The van der Waals surface area contributed by atoms with Gasteiger partial charge < -0.3 is 5.73 Å². The van der Waals surface area contributed by atoms with Crippen molar-refractivity contribution in [3.05, 3.63) is 0 Å². The molecule has 4 nitrogen and oxygen atoms in total. The summed E-state index contributed by atoms with van der Waals surface area (Å²) in [6.45, 7) is 2.11. The largest absolute Gasteiger partial charge is 0.389 e. The number of hydrogen-bond donors (Lipinski definition) is 2. The third-order valence-corrected chi connectivity index (χ3v) is 3.93. The number of halogens is 3. The molecule has 0 heterocycles. The Hall–Kier alpha value is -0.340. The van der Waals surface area contributed by atoms with Crippen LogP contribution in [0.15, 0.2) is 0 Å². The summed E-state index contributed by atoms with van der Waals surface area (Å²) in [5.74, 6) is -0.519. The number of unbranched alkanes of at least 4 members (excludes halogenated alkanes) is 1. The molecule has 8 heteroatoms. The second-order valence-electron chi connectivity index (χ2n) is 4.23. The highest BCUT2D eigenvalue weighted by molar-refractivity contribution is 7.89. The summed E-state index contributed by atoms with van der Waals surface area (Å²) in [6.07, 6.45) is -3.49. The van der Waals surface area contributed by atoms with E-state index in [2.05, 4.69) is 4.72 Å². The number of hydrogen-bond acceptors (Lipinski definition) is 3. The zero-order valence-electron chi connectivity index (χ0n) is 10.5. The van der Waals surface area contributed by atoms with E-state index in [9.17, 15) is 21.6 Å². The third kappa shape index (κ3) is 9.67. The van der Waals surface area contributed by atoms with Crippen LogP contribution in [0.25, 0.3) is 0 Å². The molecule has 0 aromatic carbocycles. The summed E-state index contributed by atoms with van der Waals surface area (Å²) in [5, 5.41) is 0. The number of sulfonamides is 1. The van der Waals surface area contributed by atoms with Gasteiger partial charge in [0.1, 0.15) is 0 Å². The molecule has 0 aromatic heterocycles. The van der Waals surface area contributed by atoms with Gasteiger partial charge in [-0.25, -0.2) is 13.1 Å². The van der Waals surface area contributed by atoms with E-state index < -0.39 is 34.8 Å². The van der Waals surface area contributed by atoms with E-state index in [1.54, 1.807) is 0 Å². The van der Waals surface area contributed by atoms with Gasteiger partial charge in [-0.15, -0.1) is 0 Å². The molecule has 0 rings (SSSR count). The number of nitrogens with two attached hydrogens (primary N) is 1. The Labute approximate surface area is 106 Å². The van der Waals surface area contributed by atoms with E-state index in [1.807, 2.05) is 6.92 Å². The molecule has 1 unspecified atom stereocenters. The van der Waals surface area contributed by atoms with Crippen LogP contribution in [-0.2, 0) is 10.0 Å². The Morgan fingerprint density at radius 2 is 1.89 bits per heavy atom. The molecule has 0 spiro atoms. The first-order valence-corrected chi connectivity index (χ1v) is 7.62. The molecule has 0 amide bonds. The van der Waals surface area contributed by atoms with Crippen molar-refractivity contribution >= 4 is 10.0 Å². The predicted molar refractivity (Wildman–Crippen MR) is 64.6 cm³/mol. The number of alkyl halides is 3. The lowest BCUT2D eigenvalue weighted by molar-refractivity contribution is -0.134. The molecule has 0 aromatic rings. The van der Waals surface area contributed by atoms with E-state index in [-0.39, 0.29) is 12.6 Å². The van der Waals surface area contributed by atoms with E-state index in [1.165, 1.54) is 0 Å². The summed E-state index contributed by atoms with van der Waals surface area (Å²) in [4.78, 5) is 0. The van der Waals surface area contributed by atoms with Crippen molar-refractivity contribution in [3.63, 3.8) is 0 Å². The first-order chi connectivity index (χ1) is 8.20. The predicted octanol–water partition coefficient (Wildman–Crippen LogP) is 1.77. The second kappa shape index (κ2) is 7.96. The van der Waals surface area contributed by atoms with Crippen LogP contribution in [0.5, 0.6) is 0 Å². The molecule has 0 aliphatic rings. The lowest BCUT2D eigenvalue weighted by Crippen LogP contribution is -2.41. The van der Waals surface area contributed by atoms with Crippen molar-refractivity contribution in [2.75, 3.05) is 12.3 Å². The van der Waals surface area contributed by atoms with Crippen LogP contribution in [0.1, 0.15) is 39.0 Å². The molecule has 0 bridgehead atoms. The van der Waals surface area contributed by atoms with Gasteiger partial charge in [0, 0.05) is 19.0 Å². The van der Waals surface area contributed by atoms with Crippen molar-refractivity contribution in [2.45, 2.75) is 51.2 Å². The highest BCUT2D eigenvalue weighted by Gasteiger charge is 2.27. The summed E-state index contributed by atoms with van der Waals surface area (Å²) in [7, 11) is -3.68. The standard InChI is InChI=1S/C10H21F3N2O2S/c1-2-3-5-9(8-14)15-18(16,17)7-4-6-10(11,12)13/h9,15H,2-8,14H2,1H3. The van der Waals surface area contributed by atoms with E-state index in [4.69, 9.17) is 5.73 Å². The molecule has 3 N–H and O–H groups in total. The molecule has 0 aliphatic carbocycles. The Bertz CT molecular complexity index is 318. The molecule has 110 valence electrons. The Morgan fingerprint density at radius 3 is 2.33 bits per heavy atom. The summed E-state index contributed by atoms with van der Waals surface area (Å²) in [6, 6.07) is -0.388. The van der Waals surface area contributed by atoms with Crippen LogP contribution in [0, 0.1) is 0 Å². The average molecular weight is 290 g/mol. The first-order valence-electron chi connectivity index (χ1n) is 5.97. The second-order valence-corrected chi connectivity index (χ2v) is 6.10. The molecular weight excluding hydrogens is 269 g/mol. The van der Waals surface area contributed by atoms with E-state index >= 15 is 0 Å². The maximum Gasteiger partial charge on any atom is 0.389 e. The fourth-order valence-corrected chi connectivity index (χ4v) is 2.82. The van der Waals surface area contributed by atoms with Gasteiger partial charge in [0.15, 0.2) is 0 Å². The quantitative estimate of drug-likeness (QED) is 0.679. The molecule has 0 saturated heterocycles. The van der Waals surface area contributed by atoms with E-state index in [0.29, 0.717) is 6.42 Å². The van der Waals surface area contributed by atoms with Crippen LogP contribution in [0.2, 0.25) is 0 Å². The van der Waals surface area contributed by atoms with Gasteiger partial charge in [-0.05, 0) is 12.8 Å². The molecule has 0 aliphatic heterocycles. The first kappa shape index (κ1) is 17.7. The molecule has 0 radical (unpaired) electrons. The summed E-state index contributed by atoms with van der Waals surface area (Å²) in [5.41, 5.74) is 5.41. The Balaban J connectivity index is 4.12. The molecule has 0 fully saturated rings. The fraction of sp³-hybridized carbons (Fsp3) is 1.00. The van der Waals surface area contributed by atoms with Crippen molar-refractivity contribution in [1.82, 2.24) is 4.72 Å². The minimum Gasteiger partial charge on any atom is -0.329 e. The van der Waals surface area contributed by atoms with Gasteiger partial charge in [0.05, 0.1) is 5.75 Å². The number of rotatable bonds is 9. The SMILES string of the molecule is CCCCC(CN)NS(=O)(=O)CCCC(F)(F)F. The summed E-state index contributed by atoms with van der Waals surface area (Å²) >= 11 is 0. The highest BCUT2D eigenvalue weighted by Crippen LogP contribution is 2.21. The zero-order valence-corrected chi connectivity index (χ0v) is 11.3. The highest BCUT2D eigenvalue weighted by atomic mass is 32.2. The molecule has 0 saturated carbocycles. The number of nitrogens with one attached hydrogen (secondary N) is 1. The Kier molecular flexibility index (Phi) is 7.81. The molecule has 1 atom stereocenters. The molecular formula is C10H21F3N2O2S. The van der Waals surface area contributed by atoms with Gasteiger partial charge in [-0.2, -0.15) is 13.2 Å². The molecule has 18 heavy (non-hydrogen) atoms. The monoisotopic (exact) mass is 290 g/mol. The van der Waals surface area contributed by atoms with Gasteiger partial charge in [-0.3, -0.25) is 0 Å². The van der Waals surface area contributed by atoms with Crippen LogP contribution in [-0.4, -0.2) is 32.9 Å². The normalized spacial score (nSPS) is 14.7. The van der Waals surface area contributed by atoms with Gasteiger partial charge >= 0.3 is 6.18 Å². The van der Waals surface area contributed by atoms with Crippen molar-refractivity contribution in [3.8, 4) is 0 Å². The van der Waals surface area contributed by atoms with Gasteiger partial charge in [-0.1, -0.05) is 19.8 Å². The minimum atomic E-state index is -4.31. The smallest absolute Gasteiger partial charge is 0.329 e. The van der Waals surface area contributed by atoms with Gasteiger partial charge in [0.2, 0.25) is 10.0 Å². The Morgan fingerprint density at radius 1 is 1.28 bits per heavy atom. The fourth-order valence-electron chi connectivity index (χ4n) is 1.45. The lowest BCUT2D eigenvalue weighted by atomic mass is 10.1. The summed E-state index contributed by atoms with van der Waals surface area (Å²) < 4.78 is 61.0. The van der Waals surface area contributed by atoms with Crippen molar-refractivity contribution in [1.29, 1.82) is 0 Å². The van der Waals surface area contributed by atoms with Gasteiger partial charge in [0.25, 0.3) is 0 Å². The average Bonchev–Trinajstić information content (AvgIpc) is 2.21. The van der Waals surface area contributed by atoms with Crippen molar-refractivity contribution in [2.24, 2.45) is 5.73 Å². The lowest BCUT2D eigenvalue weighted by Gasteiger charge is -2.16. The van der Waals surface area contributed by atoms with E-state index in [0.717, 1.165) is 12.8 Å².